The number of rotatable bonds is 6. The van der Waals surface area contributed by atoms with Gasteiger partial charge in [0.25, 0.3) is 0 Å². The Morgan fingerprint density at radius 2 is 2.10 bits per heavy atom. The monoisotopic (exact) mass is 287 g/mol. The van der Waals surface area contributed by atoms with Crippen molar-refractivity contribution in [3.8, 4) is 6.07 Å². The summed E-state index contributed by atoms with van der Waals surface area (Å²) in [6.45, 7) is 5.52. The Labute approximate surface area is 127 Å². The Morgan fingerprint density at radius 3 is 2.76 bits per heavy atom. The van der Waals surface area contributed by atoms with Crippen molar-refractivity contribution in [1.29, 1.82) is 5.26 Å². The third-order valence-electron chi connectivity index (χ3n) is 4.14. The molecule has 2 rings (SSSR count). The van der Waals surface area contributed by atoms with Crippen LogP contribution in [0.3, 0.4) is 0 Å². The molecule has 2 atom stereocenters. The van der Waals surface area contributed by atoms with Crippen LogP contribution in [0.4, 0.5) is 0 Å². The topological polar surface area (TPSA) is 59.3 Å². The minimum Gasteiger partial charge on any atom is -0.396 e. The number of likely N-dealkylation sites (tertiary alicyclic amines) is 1. The van der Waals surface area contributed by atoms with Gasteiger partial charge >= 0.3 is 0 Å². The molecular formula is C17H25N3O. The first kappa shape index (κ1) is 16.0. The zero-order chi connectivity index (χ0) is 15.1. The molecule has 1 saturated heterocycles. The summed E-state index contributed by atoms with van der Waals surface area (Å²) in [6.07, 6.45) is 1.88. The summed E-state index contributed by atoms with van der Waals surface area (Å²) in [5.41, 5.74) is 2.64. The predicted molar refractivity (Wildman–Crippen MR) is 84.1 cm³/mol. The summed E-state index contributed by atoms with van der Waals surface area (Å²) in [4.78, 5) is 2.23. The maximum atomic E-state index is 8.97. The van der Waals surface area contributed by atoms with E-state index >= 15 is 0 Å². The van der Waals surface area contributed by atoms with Crippen LogP contribution in [-0.4, -0.2) is 48.8 Å². The Hall–Kier alpha value is -1.41. The van der Waals surface area contributed by atoms with Gasteiger partial charge in [0.05, 0.1) is 12.6 Å². The van der Waals surface area contributed by atoms with Crippen LogP contribution in [-0.2, 0) is 0 Å². The molecule has 1 aliphatic heterocycles. The Balaban J connectivity index is 2.02. The number of piperidine rings is 1. The quantitative estimate of drug-likeness (QED) is 0.617. The summed E-state index contributed by atoms with van der Waals surface area (Å²) in [6, 6.07) is 11.4. The first-order valence-electron chi connectivity index (χ1n) is 7.73. The molecule has 4 heteroatoms. The molecule has 0 spiro atoms. The molecule has 1 aliphatic rings. The summed E-state index contributed by atoms with van der Waals surface area (Å²) < 4.78 is 0. The van der Waals surface area contributed by atoms with E-state index in [0.29, 0.717) is 18.5 Å². The van der Waals surface area contributed by atoms with Gasteiger partial charge in [0.15, 0.2) is 0 Å². The largest absolute Gasteiger partial charge is 0.396 e. The van der Waals surface area contributed by atoms with Gasteiger partial charge in [0.2, 0.25) is 0 Å². The molecule has 114 valence electrons. The number of aliphatic hydroxyl groups excluding tert-OH is 1. The maximum absolute atomic E-state index is 8.97. The van der Waals surface area contributed by atoms with Crippen molar-refractivity contribution < 1.29 is 5.11 Å². The Morgan fingerprint density at radius 1 is 1.33 bits per heavy atom. The van der Waals surface area contributed by atoms with Crippen LogP contribution in [0.25, 0.3) is 0 Å². The van der Waals surface area contributed by atoms with Crippen molar-refractivity contribution in [1.82, 2.24) is 10.2 Å². The molecule has 21 heavy (non-hydrogen) atoms. The van der Waals surface area contributed by atoms with E-state index in [1.807, 2.05) is 0 Å². The third-order valence-corrected chi connectivity index (χ3v) is 4.14. The molecule has 1 fully saturated rings. The van der Waals surface area contributed by atoms with Crippen LogP contribution in [0.2, 0.25) is 0 Å². The molecule has 0 bridgehead atoms. The lowest BCUT2D eigenvalue weighted by Crippen LogP contribution is -2.48. The van der Waals surface area contributed by atoms with Crippen molar-refractivity contribution >= 4 is 0 Å². The fourth-order valence-electron chi connectivity index (χ4n) is 3.03. The number of nitriles is 1. The van der Waals surface area contributed by atoms with Gasteiger partial charge in [-0.15, -0.1) is 0 Å². The van der Waals surface area contributed by atoms with Crippen LogP contribution in [0.1, 0.15) is 29.9 Å². The standard InChI is InChI=1S/C17H25N3O/c1-14-3-5-15(6-4-14)16-11-17(19-8-2-10-21)13-20(12-16)9-7-18/h3-6,16-17,19,21H,2,8-13H2,1H3. The maximum Gasteiger partial charge on any atom is 0.0866 e. The zero-order valence-corrected chi connectivity index (χ0v) is 12.8. The van der Waals surface area contributed by atoms with E-state index in [9.17, 15) is 0 Å². The number of hydrogen-bond acceptors (Lipinski definition) is 4. The van der Waals surface area contributed by atoms with E-state index in [1.165, 1.54) is 11.1 Å². The van der Waals surface area contributed by atoms with E-state index in [2.05, 4.69) is 47.5 Å². The number of aryl methyl sites for hydroxylation is 1. The molecule has 2 N–H and O–H groups in total. The second kappa shape index (κ2) is 8.14. The molecule has 0 aromatic heterocycles. The van der Waals surface area contributed by atoms with Gasteiger partial charge in [0, 0.05) is 25.7 Å². The van der Waals surface area contributed by atoms with E-state index in [-0.39, 0.29) is 6.61 Å². The number of aliphatic hydroxyl groups is 1. The smallest absolute Gasteiger partial charge is 0.0866 e. The average molecular weight is 287 g/mol. The van der Waals surface area contributed by atoms with Crippen LogP contribution in [0.15, 0.2) is 24.3 Å². The number of nitrogens with zero attached hydrogens (tertiary/aromatic N) is 2. The lowest BCUT2D eigenvalue weighted by atomic mass is 9.87. The molecule has 0 radical (unpaired) electrons. The second-order valence-electron chi connectivity index (χ2n) is 5.92. The van der Waals surface area contributed by atoms with Crippen LogP contribution < -0.4 is 5.32 Å². The van der Waals surface area contributed by atoms with Gasteiger partial charge in [-0.2, -0.15) is 5.26 Å². The van der Waals surface area contributed by atoms with Gasteiger partial charge in [-0.3, -0.25) is 4.90 Å². The van der Waals surface area contributed by atoms with Crippen molar-refractivity contribution in [2.45, 2.75) is 31.7 Å². The highest BCUT2D eigenvalue weighted by atomic mass is 16.3. The molecular weight excluding hydrogens is 262 g/mol. The number of nitrogens with one attached hydrogen (secondary N) is 1. The highest BCUT2D eigenvalue weighted by Gasteiger charge is 2.27. The predicted octanol–water partition coefficient (Wildman–Crippen LogP) is 1.65. The second-order valence-corrected chi connectivity index (χ2v) is 5.92. The molecule has 2 unspecified atom stereocenters. The van der Waals surface area contributed by atoms with Gasteiger partial charge in [0.1, 0.15) is 0 Å². The molecule has 4 nitrogen and oxygen atoms in total. The van der Waals surface area contributed by atoms with Gasteiger partial charge in [-0.1, -0.05) is 29.8 Å². The van der Waals surface area contributed by atoms with Crippen molar-refractivity contribution in [2.24, 2.45) is 0 Å². The third kappa shape index (κ3) is 4.82. The highest BCUT2D eigenvalue weighted by Crippen LogP contribution is 2.27. The molecule has 1 aromatic rings. The van der Waals surface area contributed by atoms with Crippen LogP contribution in [0.5, 0.6) is 0 Å². The molecule has 0 saturated carbocycles. The van der Waals surface area contributed by atoms with Gasteiger partial charge in [-0.25, -0.2) is 0 Å². The van der Waals surface area contributed by atoms with E-state index < -0.39 is 0 Å². The normalized spacial score (nSPS) is 22.9. The fourth-order valence-corrected chi connectivity index (χ4v) is 3.03. The first-order valence-corrected chi connectivity index (χ1v) is 7.73. The molecule has 1 heterocycles. The van der Waals surface area contributed by atoms with Gasteiger partial charge in [-0.05, 0) is 37.8 Å². The van der Waals surface area contributed by atoms with E-state index in [1.54, 1.807) is 0 Å². The van der Waals surface area contributed by atoms with Crippen LogP contribution in [0, 0.1) is 18.3 Å². The van der Waals surface area contributed by atoms with Crippen LogP contribution >= 0.6 is 0 Å². The summed E-state index contributed by atoms with van der Waals surface area (Å²) in [7, 11) is 0. The van der Waals surface area contributed by atoms with E-state index in [0.717, 1.165) is 32.5 Å². The lowest BCUT2D eigenvalue weighted by molar-refractivity contribution is 0.185. The number of benzene rings is 1. The van der Waals surface area contributed by atoms with E-state index in [4.69, 9.17) is 10.4 Å². The Bertz CT molecular complexity index is 466. The van der Waals surface area contributed by atoms with Gasteiger partial charge < -0.3 is 10.4 Å². The van der Waals surface area contributed by atoms with Crippen molar-refractivity contribution in [3.05, 3.63) is 35.4 Å². The highest BCUT2D eigenvalue weighted by molar-refractivity contribution is 5.25. The molecule has 0 amide bonds. The number of hydrogen-bond donors (Lipinski definition) is 2. The average Bonchev–Trinajstić information content (AvgIpc) is 2.48. The zero-order valence-electron chi connectivity index (χ0n) is 12.8. The Kier molecular flexibility index (Phi) is 6.19. The SMILES string of the molecule is Cc1ccc(C2CC(NCCCO)CN(CC#N)C2)cc1. The summed E-state index contributed by atoms with van der Waals surface area (Å²) in [5.74, 6) is 0.472. The minimum absolute atomic E-state index is 0.225. The molecule has 0 aliphatic carbocycles. The summed E-state index contributed by atoms with van der Waals surface area (Å²) >= 11 is 0. The fraction of sp³-hybridized carbons (Fsp3) is 0.588. The first-order chi connectivity index (χ1) is 10.2. The van der Waals surface area contributed by atoms with Crippen molar-refractivity contribution in [3.63, 3.8) is 0 Å². The van der Waals surface area contributed by atoms with Crippen molar-refractivity contribution in [2.75, 3.05) is 32.8 Å². The molecule has 1 aromatic carbocycles. The summed E-state index contributed by atoms with van der Waals surface area (Å²) in [5, 5.41) is 21.4. The lowest BCUT2D eigenvalue weighted by Gasteiger charge is -2.37. The minimum atomic E-state index is 0.225.